The van der Waals surface area contributed by atoms with Crippen molar-refractivity contribution in [2.24, 2.45) is 0 Å². The van der Waals surface area contributed by atoms with Crippen LogP contribution >= 0.6 is 0 Å². The fraction of sp³-hybridized carbons (Fsp3) is 0.529. The van der Waals surface area contributed by atoms with Gasteiger partial charge in [-0.2, -0.15) is 0 Å². The highest BCUT2D eigenvalue weighted by atomic mass is 16.6. The van der Waals surface area contributed by atoms with E-state index in [1.807, 2.05) is 0 Å². The molecule has 1 amide bonds. The summed E-state index contributed by atoms with van der Waals surface area (Å²) >= 11 is 0. The van der Waals surface area contributed by atoms with Crippen molar-refractivity contribution in [1.29, 1.82) is 0 Å². The molecule has 6 nitrogen and oxygen atoms in total. The number of esters is 1. The fourth-order valence-corrected chi connectivity index (χ4v) is 2.52. The minimum absolute atomic E-state index is 0.213. The third-order valence-electron chi connectivity index (χ3n) is 3.75. The van der Waals surface area contributed by atoms with Crippen LogP contribution in [0, 0.1) is 0 Å². The van der Waals surface area contributed by atoms with Gasteiger partial charge in [0, 0.05) is 6.04 Å². The molecule has 2 rings (SSSR count). The minimum Gasteiger partial charge on any atom is -0.497 e. The minimum atomic E-state index is -0.570. The Kier molecular flexibility index (Phi) is 6.72. The second-order valence-corrected chi connectivity index (χ2v) is 5.53. The third-order valence-corrected chi connectivity index (χ3v) is 3.75. The zero-order valence-electron chi connectivity index (χ0n) is 13.4. The van der Waals surface area contributed by atoms with Crippen LogP contribution in [0.25, 0.3) is 0 Å². The van der Waals surface area contributed by atoms with Crippen LogP contribution < -0.4 is 14.8 Å². The van der Waals surface area contributed by atoms with Crippen molar-refractivity contribution >= 4 is 11.9 Å². The molecule has 1 saturated carbocycles. The topological polar surface area (TPSA) is 73.9 Å². The van der Waals surface area contributed by atoms with Crippen LogP contribution in [0.3, 0.4) is 0 Å². The predicted molar refractivity (Wildman–Crippen MR) is 84.5 cm³/mol. The van der Waals surface area contributed by atoms with E-state index in [1.165, 1.54) is 6.42 Å². The molecule has 1 aliphatic rings. The highest BCUT2D eigenvalue weighted by molar-refractivity contribution is 5.81. The van der Waals surface area contributed by atoms with Gasteiger partial charge < -0.3 is 19.5 Å². The number of hydrogen-bond acceptors (Lipinski definition) is 5. The number of carbonyl (C=O) groups excluding carboxylic acids is 2. The summed E-state index contributed by atoms with van der Waals surface area (Å²) in [6.07, 6.45) is 5.51. The molecule has 126 valence electrons. The molecule has 0 atom stereocenters. The molecule has 0 aliphatic heterocycles. The molecule has 0 bridgehead atoms. The normalized spacial score (nSPS) is 14.8. The van der Waals surface area contributed by atoms with Crippen molar-refractivity contribution in [3.05, 3.63) is 24.3 Å². The summed E-state index contributed by atoms with van der Waals surface area (Å²) in [7, 11) is 1.57. The lowest BCUT2D eigenvalue weighted by molar-refractivity contribution is -0.150. The Morgan fingerprint density at radius 3 is 2.35 bits per heavy atom. The summed E-state index contributed by atoms with van der Waals surface area (Å²) in [4.78, 5) is 23.3. The van der Waals surface area contributed by atoms with E-state index in [1.54, 1.807) is 31.4 Å². The number of ether oxygens (including phenoxy) is 3. The zero-order valence-corrected chi connectivity index (χ0v) is 13.4. The van der Waals surface area contributed by atoms with Crippen molar-refractivity contribution in [3.8, 4) is 11.5 Å². The maximum absolute atomic E-state index is 11.7. The first kappa shape index (κ1) is 17.1. The lowest BCUT2D eigenvalue weighted by Crippen LogP contribution is -2.39. The Bertz CT molecular complexity index is 508. The molecule has 0 aromatic heterocycles. The predicted octanol–water partition coefficient (Wildman–Crippen LogP) is 2.07. The average molecular weight is 321 g/mol. The van der Waals surface area contributed by atoms with E-state index >= 15 is 0 Å². The van der Waals surface area contributed by atoms with Gasteiger partial charge in [-0.1, -0.05) is 19.3 Å². The molecule has 23 heavy (non-hydrogen) atoms. The van der Waals surface area contributed by atoms with Gasteiger partial charge in [-0.15, -0.1) is 0 Å². The van der Waals surface area contributed by atoms with Crippen molar-refractivity contribution in [1.82, 2.24) is 5.32 Å². The van der Waals surface area contributed by atoms with Gasteiger partial charge in [-0.05, 0) is 37.1 Å². The molecule has 0 heterocycles. The second-order valence-electron chi connectivity index (χ2n) is 5.53. The van der Waals surface area contributed by atoms with Gasteiger partial charge in [0.1, 0.15) is 11.5 Å². The SMILES string of the molecule is COc1ccc(OCC(=O)OCC(=O)NC2CCCCC2)cc1. The van der Waals surface area contributed by atoms with Gasteiger partial charge in [0.2, 0.25) is 0 Å². The lowest BCUT2D eigenvalue weighted by Gasteiger charge is -2.22. The molecule has 0 unspecified atom stereocenters. The molecule has 1 N–H and O–H groups in total. The van der Waals surface area contributed by atoms with Crippen molar-refractivity contribution in [2.75, 3.05) is 20.3 Å². The Labute approximate surface area is 136 Å². The quantitative estimate of drug-likeness (QED) is 0.778. The molecule has 0 saturated heterocycles. The highest BCUT2D eigenvalue weighted by Gasteiger charge is 2.16. The average Bonchev–Trinajstić information content (AvgIpc) is 2.59. The first-order chi connectivity index (χ1) is 11.2. The summed E-state index contributed by atoms with van der Waals surface area (Å²) in [5, 5.41) is 2.89. The van der Waals surface area contributed by atoms with Crippen LogP contribution in [0.2, 0.25) is 0 Å². The van der Waals surface area contributed by atoms with E-state index < -0.39 is 5.97 Å². The maximum atomic E-state index is 11.7. The van der Waals surface area contributed by atoms with Gasteiger partial charge in [0.15, 0.2) is 13.2 Å². The standard InChI is InChI=1S/C17H23NO5/c1-21-14-7-9-15(10-8-14)22-12-17(20)23-11-16(19)18-13-5-3-2-4-6-13/h7-10,13H,2-6,11-12H2,1H3,(H,18,19). The van der Waals surface area contributed by atoms with Crippen LogP contribution in [0.4, 0.5) is 0 Å². The first-order valence-corrected chi connectivity index (χ1v) is 7.89. The summed E-state index contributed by atoms with van der Waals surface area (Å²) in [5.74, 6) is 0.419. The van der Waals surface area contributed by atoms with Crippen LogP contribution in [-0.4, -0.2) is 38.2 Å². The summed E-state index contributed by atoms with van der Waals surface area (Å²) < 4.78 is 15.2. The van der Waals surface area contributed by atoms with Crippen molar-refractivity contribution in [2.45, 2.75) is 38.1 Å². The van der Waals surface area contributed by atoms with E-state index in [-0.39, 0.29) is 25.2 Å². The zero-order chi connectivity index (χ0) is 16.5. The molecular weight excluding hydrogens is 298 g/mol. The first-order valence-electron chi connectivity index (χ1n) is 7.89. The Hall–Kier alpha value is -2.24. The Morgan fingerprint density at radius 2 is 1.70 bits per heavy atom. The van der Waals surface area contributed by atoms with Gasteiger partial charge in [-0.25, -0.2) is 4.79 Å². The van der Waals surface area contributed by atoms with Gasteiger partial charge in [0.25, 0.3) is 5.91 Å². The largest absolute Gasteiger partial charge is 0.497 e. The lowest BCUT2D eigenvalue weighted by atomic mass is 9.95. The summed E-state index contributed by atoms with van der Waals surface area (Å²) in [5.41, 5.74) is 0. The molecule has 1 aromatic carbocycles. The summed E-state index contributed by atoms with van der Waals surface area (Å²) in [6.45, 7) is -0.496. The fourth-order valence-electron chi connectivity index (χ4n) is 2.52. The van der Waals surface area contributed by atoms with E-state index in [4.69, 9.17) is 14.2 Å². The number of benzene rings is 1. The van der Waals surface area contributed by atoms with Crippen molar-refractivity contribution < 1.29 is 23.8 Å². The van der Waals surface area contributed by atoms with Gasteiger partial charge in [-0.3, -0.25) is 4.79 Å². The van der Waals surface area contributed by atoms with E-state index in [9.17, 15) is 9.59 Å². The molecule has 6 heteroatoms. The number of amides is 1. The monoisotopic (exact) mass is 321 g/mol. The molecule has 0 radical (unpaired) electrons. The molecule has 1 fully saturated rings. The highest BCUT2D eigenvalue weighted by Crippen LogP contribution is 2.17. The molecule has 1 aromatic rings. The van der Waals surface area contributed by atoms with E-state index in [2.05, 4.69) is 5.32 Å². The summed E-state index contributed by atoms with van der Waals surface area (Å²) in [6, 6.07) is 7.07. The number of hydrogen-bond donors (Lipinski definition) is 1. The van der Waals surface area contributed by atoms with E-state index in [0.717, 1.165) is 25.7 Å². The van der Waals surface area contributed by atoms with Gasteiger partial charge in [0.05, 0.1) is 7.11 Å². The molecule has 0 spiro atoms. The van der Waals surface area contributed by atoms with Gasteiger partial charge >= 0.3 is 5.97 Å². The molecular formula is C17H23NO5. The number of carbonyl (C=O) groups is 2. The number of methoxy groups -OCH3 is 1. The molecule has 1 aliphatic carbocycles. The number of nitrogens with one attached hydrogen (secondary N) is 1. The smallest absolute Gasteiger partial charge is 0.344 e. The van der Waals surface area contributed by atoms with Crippen molar-refractivity contribution in [3.63, 3.8) is 0 Å². The Balaban J connectivity index is 1.62. The van der Waals surface area contributed by atoms with Crippen LogP contribution in [0.1, 0.15) is 32.1 Å². The van der Waals surface area contributed by atoms with Crippen LogP contribution in [0.15, 0.2) is 24.3 Å². The van der Waals surface area contributed by atoms with E-state index in [0.29, 0.717) is 11.5 Å². The second kappa shape index (κ2) is 9.02. The van der Waals surface area contributed by atoms with Crippen LogP contribution in [0.5, 0.6) is 11.5 Å². The third kappa shape index (κ3) is 6.18. The maximum Gasteiger partial charge on any atom is 0.344 e. The number of rotatable bonds is 7. The Morgan fingerprint density at radius 1 is 1.04 bits per heavy atom. The van der Waals surface area contributed by atoms with Crippen LogP contribution in [-0.2, 0) is 14.3 Å².